The van der Waals surface area contributed by atoms with E-state index in [-0.39, 0.29) is 12.1 Å². The largest absolute Gasteiger partial charge is 0.462 e. The Labute approximate surface area is 141 Å². The van der Waals surface area contributed by atoms with Crippen LogP contribution in [0.2, 0.25) is 0 Å². The van der Waals surface area contributed by atoms with E-state index >= 15 is 0 Å². The van der Waals surface area contributed by atoms with Crippen molar-refractivity contribution in [3.63, 3.8) is 0 Å². The van der Waals surface area contributed by atoms with Gasteiger partial charge in [0.15, 0.2) is 0 Å². The Hall–Kier alpha value is -1.14. The van der Waals surface area contributed by atoms with E-state index in [1.807, 2.05) is 12.1 Å². The van der Waals surface area contributed by atoms with E-state index in [2.05, 4.69) is 27.9 Å². The van der Waals surface area contributed by atoms with Crippen LogP contribution >= 0.6 is 11.6 Å². The number of halogens is 1. The number of alkyl halides is 1. The molecule has 3 heterocycles. The number of cyclic esters (lactones) is 1. The first-order chi connectivity index (χ1) is 11.3. The van der Waals surface area contributed by atoms with Crippen molar-refractivity contribution in [3.8, 4) is 0 Å². The highest BCUT2D eigenvalue weighted by molar-refractivity contribution is 6.15. The number of morpholine rings is 1. The summed E-state index contributed by atoms with van der Waals surface area (Å²) in [5, 5.41) is 3.41. The molecule has 126 valence electrons. The van der Waals surface area contributed by atoms with Gasteiger partial charge in [-0.25, -0.2) is 4.79 Å². The zero-order valence-corrected chi connectivity index (χ0v) is 14.1. The summed E-state index contributed by atoms with van der Waals surface area (Å²) in [7, 11) is 0. The van der Waals surface area contributed by atoms with E-state index in [1.54, 1.807) is 0 Å². The number of esters is 1. The lowest BCUT2D eigenvalue weighted by Gasteiger charge is -2.42. The Bertz CT molecular complexity index is 567. The number of hydrogen-bond donors (Lipinski definition) is 1. The first kappa shape index (κ1) is 16.7. The molecule has 3 aliphatic rings. The molecule has 23 heavy (non-hydrogen) atoms. The molecule has 1 aromatic rings. The second-order valence-corrected chi connectivity index (χ2v) is 5.98. The first-order valence-electron chi connectivity index (χ1n) is 8.05. The van der Waals surface area contributed by atoms with E-state index in [4.69, 9.17) is 9.47 Å². The number of rotatable bonds is 1. The highest BCUT2D eigenvalue weighted by Gasteiger charge is 2.32. The van der Waals surface area contributed by atoms with Gasteiger partial charge in [0, 0.05) is 45.0 Å². The molecule has 4 rings (SSSR count). The average Bonchev–Trinajstić information content (AvgIpc) is 2.63. The molecule has 3 aliphatic heterocycles. The van der Waals surface area contributed by atoms with Gasteiger partial charge in [0.1, 0.15) is 0 Å². The standard InChI is InChI=1S/C16H20N2O3.CH3Cl/c19-16-14-2-1-12(7-11(14)3-6-20-16)15-9-18-5-4-17-8-13(18)10-21-15;1-2/h1-2,7,13,15,17H,3-6,8-10H2;1H3/t13-,15?;/m1./s1. The van der Waals surface area contributed by atoms with Gasteiger partial charge in [0.05, 0.1) is 24.9 Å². The third-order valence-electron chi connectivity index (χ3n) is 4.69. The van der Waals surface area contributed by atoms with Crippen LogP contribution < -0.4 is 5.32 Å². The van der Waals surface area contributed by atoms with Crippen molar-refractivity contribution in [2.24, 2.45) is 0 Å². The van der Waals surface area contributed by atoms with Crippen molar-refractivity contribution in [2.75, 3.05) is 45.8 Å². The Morgan fingerprint density at radius 2 is 2.22 bits per heavy atom. The second-order valence-electron chi connectivity index (χ2n) is 5.98. The van der Waals surface area contributed by atoms with Crippen LogP contribution in [0.25, 0.3) is 0 Å². The molecular formula is C17H23ClN2O3. The highest BCUT2D eigenvalue weighted by atomic mass is 35.5. The molecule has 1 aromatic carbocycles. The summed E-state index contributed by atoms with van der Waals surface area (Å²) >= 11 is 4.64. The van der Waals surface area contributed by atoms with Crippen LogP contribution in [-0.2, 0) is 15.9 Å². The highest BCUT2D eigenvalue weighted by Crippen LogP contribution is 2.28. The van der Waals surface area contributed by atoms with E-state index in [0.717, 1.165) is 44.8 Å². The molecule has 0 amide bonds. The van der Waals surface area contributed by atoms with Crippen LogP contribution in [0.1, 0.15) is 27.6 Å². The number of nitrogens with zero attached hydrogens (tertiary/aromatic N) is 1. The van der Waals surface area contributed by atoms with Crippen molar-refractivity contribution in [3.05, 3.63) is 34.9 Å². The monoisotopic (exact) mass is 338 g/mol. The Balaban J connectivity index is 0.000000753. The van der Waals surface area contributed by atoms with Gasteiger partial charge in [0.25, 0.3) is 0 Å². The summed E-state index contributed by atoms with van der Waals surface area (Å²) in [4.78, 5) is 14.2. The fraction of sp³-hybridized carbons (Fsp3) is 0.588. The van der Waals surface area contributed by atoms with Crippen molar-refractivity contribution >= 4 is 17.6 Å². The van der Waals surface area contributed by atoms with Crippen LogP contribution in [-0.4, -0.2) is 62.7 Å². The van der Waals surface area contributed by atoms with Crippen LogP contribution in [0.15, 0.2) is 18.2 Å². The molecular weight excluding hydrogens is 316 g/mol. The van der Waals surface area contributed by atoms with Gasteiger partial charge >= 0.3 is 5.97 Å². The van der Waals surface area contributed by atoms with Crippen molar-refractivity contribution in [1.82, 2.24) is 10.2 Å². The Morgan fingerprint density at radius 3 is 3.09 bits per heavy atom. The third kappa shape index (κ3) is 3.53. The van der Waals surface area contributed by atoms with Crippen LogP contribution in [0.3, 0.4) is 0 Å². The van der Waals surface area contributed by atoms with Crippen LogP contribution in [0.4, 0.5) is 0 Å². The molecule has 1 N–H and O–H groups in total. The first-order valence-corrected chi connectivity index (χ1v) is 8.81. The van der Waals surface area contributed by atoms with E-state index in [1.165, 1.54) is 11.9 Å². The molecule has 0 aliphatic carbocycles. The molecule has 2 saturated heterocycles. The maximum absolute atomic E-state index is 11.7. The smallest absolute Gasteiger partial charge is 0.338 e. The van der Waals surface area contributed by atoms with Gasteiger partial charge in [-0.1, -0.05) is 12.1 Å². The number of ether oxygens (including phenoxy) is 2. The summed E-state index contributed by atoms with van der Waals surface area (Å²) < 4.78 is 11.1. The quantitative estimate of drug-likeness (QED) is 0.622. The topological polar surface area (TPSA) is 50.8 Å². The number of piperazine rings is 1. The SMILES string of the molecule is CCl.O=C1OCCc2cc(C3CN4CCNC[C@@H]4CO3)ccc21. The molecule has 0 bridgehead atoms. The lowest BCUT2D eigenvalue weighted by Crippen LogP contribution is -2.57. The fourth-order valence-corrected chi connectivity index (χ4v) is 3.45. The van der Waals surface area contributed by atoms with Gasteiger partial charge < -0.3 is 14.8 Å². The molecule has 6 heteroatoms. The van der Waals surface area contributed by atoms with E-state index < -0.39 is 0 Å². The number of carbonyl (C=O) groups excluding carboxylic acids is 1. The molecule has 5 nitrogen and oxygen atoms in total. The molecule has 0 radical (unpaired) electrons. The number of carbonyl (C=O) groups is 1. The second kappa shape index (κ2) is 7.62. The molecule has 2 atom stereocenters. The summed E-state index contributed by atoms with van der Waals surface area (Å²) in [6.45, 7) is 5.36. The minimum Gasteiger partial charge on any atom is -0.462 e. The van der Waals surface area contributed by atoms with Gasteiger partial charge in [0.2, 0.25) is 0 Å². The van der Waals surface area contributed by atoms with E-state index in [0.29, 0.717) is 18.2 Å². The molecule has 0 spiro atoms. The molecule has 0 aromatic heterocycles. The van der Waals surface area contributed by atoms with Crippen molar-refractivity contribution in [2.45, 2.75) is 18.6 Å². The summed E-state index contributed by atoms with van der Waals surface area (Å²) in [6.07, 6.45) is 2.39. The maximum Gasteiger partial charge on any atom is 0.338 e. The fourth-order valence-electron chi connectivity index (χ4n) is 3.45. The maximum atomic E-state index is 11.7. The van der Waals surface area contributed by atoms with Crippen LogP contribution in [0.5, 0.6) is 0 Å². The lowest BCUT2D eigenvalue weighted by molar-refractivity contribution is -0.0718. The molecule has 0 saturated carbocycles. The minimum atomic E-state index is -0.200. The van der Waals surface area contributed by atoms with Crippen LogP contribution in [0, 0.1) is 0 Å². The Kier molecular flexibility index (Phi) is 5.54. The van der Waals surface area contributed by atoms with Crippen molar-refractivity contribution < 1.29 is 14.3 Å². The zero-order chi connectivity index (χ0) is 16.2. The number of fused-ring (bicyclic) bond motifs is 2. The van der Waals surface area contributed by atoms with Gasteiger partial charge in [-0.3, -0.25) is 4.90 Å². The van der Waals surface area contributed by atoms with E-state index in [9.17, 15) is 4.79 Å². The number of benzene rings is 1. The Morgan fingerprint density at radius 1 is 1.35 bits per heavy atom. The zero-order valence-electron chi connectivity index (χ0n) is 13.4. The van der Waals surface area contributed by atoms with Gasteiger partial charge in [-0.2, -0.15) is 0 Å². The summed E-state index contributed by atoms with van der Waals surface area (Å²) in [6, 6.07) is 6.53. The minimum absolute atomic E-state index is 0.114. The molecule has 1 unspecified atom stereocenters. The molecule has 2 fully saturated rings. The van der Waals surface area contributed by atoms with Crippen molar-refractivity contribution in [1.29, 1.82) is 0 Å². The number of hydrogen-bond acceptors (Lipinski definition) is 5. The normalized spacial score (nSPS) is 27.1. The third-order valence-corrected chi connectivity index (χ3v) is 4.69. The predicted molar refractivity (Wildman–Crippen MR) is 89.1 cm³/mol. The summed E-state index contributed by atoms with van der Waals surface area (Å²) in [5.74, 6) is -0.200. The predicted octanol–water partition coefficient (Wildman–Crippen LogP) is 1.60. The van der Waals surface area contributed by atoms with Gasteiger partial charge in [-0.05, 0) is 17.2 Å². The average molecular weight is 339 g/mol. The lowest BCUT2D eigenvalue weighted by atomic mass is 9.96. The number of nitrogens with one attached hydrogen (secondary N) is 1. The summed E-state index contributed by atoms with van der Waals surface area (Å²) in [5.41, 5.74) is 2.98. The van der Waals surface area contributed by atoms with Gasteiger partial charge in [-0.15, -0.1) is 11.6 Å².